The van der Waals surface area contributed by atoms with Crippen molar-refractivity contribution in [3.05, 3.63) is 40.8 Å². The van der Waals surface area contributed by atoms with Crippen molar-refractivity contribution in [2.45, 2.75) is 46.2 Å². The Kier molecular flexibility index (Phi) is 2.94. The maximum Gasteiger partial charge on any atom is 0.126 e. The summed E-state index contributed by atoms with van der Waals surface area (Å²) in [5.74, 6) is 1.05. The van der Waals surface area contributed by atoms with Crippen LogP contribution in [0.3, 0.4) is 0 Å². The summed E-state index contributed by atoms with van der Waals surface area (Å²) >= 11 is 0. The molecule has 0 amide bonds. The highest BCUT2D eigenvalue weighted by Crippen LogP contribution is 2.31. The van der Waals surface area contributed by atoms with E-state index in [0.717, 1.165) is 30.9 Å². The quantitative estimate of drug-likeness (QED) is 0.850. The van der Waals surface area contributed by atoms with Crippen LogP contribution in [0.4, 0.5) is 0 Å². The third-order valence-electron chi connectivity index (χ3n) is 4.26. The van der Waals surface area contributed by atoms with E-state index in [2.05, 4.69) is 43.5 Å². The summed E-state index contributed by atoms with van der Waals surface area (Å²) in [6.45, 7) is 7.49. The summed E-state index contributed by atoms with van der Waals surface area (Å²) in [6.07, 6.45) is 2.19. The summed E-state index contributed by atoms with van der Waals surface area (Å²) in [5, 5.41) is 0. The molecular weight excluding hydrogens is 234 g/mol. The van der Waals surface area contributed by atoms with Gasteiger partial charge in [0, 0.05) is 17.8 Å². The first-order valence-electron chi connectivity index (χ1n) is 6.98. The Hall–Kier alpha value is -1.61. The second-order valence-corrected chi connectivity index (χ2v) is 5.60. The Morgan fingerprint density at radius 1 is 1.21 bits per heavy atom. The standard InChI is InChI=1S/C16H21N3/c1-10-6-7-13(9-11(10)2)15-12(3)19-8-4-5-14(17)16(19)18-15/h6-7,9,14H,4-5,8,17H2,1-3H3. The van der Waals surface area contributed by atoms with Gasteiger partial charge in [-0.2, -0.15) is 0 Å². The molecule has 0 fully saturated rings. The van der Waals surface area contributed by atoms with Gasteiger partial charge in [0.1, 0.15) is 5.82 Å². The van der Waals surface area contributed by atoms with Gasteiger partial charge in [0.25, 0.3) is 0 Å². The topological polar surface area (TPSA) is 43.8 Å². The van der Waals surface area contributed by atoms with E-state index in [0.29, 0.717) is 0 Å². The van der Waals surface area contributed by atoms with Crippen LogP contribution in [0.5, 0.6) is 0 Å². The van der Waals surface area contributed by atoms with Crippen LogP contribution in [0.2, 0.25) is 0 Å². The number of hydrogen-bond donors (Lipinski definition) is 1. The van der Waals surface area contributed by atoms with E-state index >= 15 is 0 Å². The number of aryl methyl sites for hydroxylation is 2. The van der Waals surface area contributed by atoms with Crippen molar-refractivity contribution in [1.82, 2.24) is 9.55 Å². The molecule has 0 radical (unpaired) electrons. The maximum absolute atomic E-state index is 6.18. The molecule has 0 aliphatic carbocycles. The lowest BCUT2D eigenvalue weighted by atomic mass is 10.0. The summed E-state index contributed by atoms with van der Waals surface area (Å²) in [6, 6.07) is 6.65. The smallest absolute Gasteiger partial charge is 0.126 e. The second-order valence-electron chi connectivity index (χ2n) is 5.60. The number of imidazole rings is 1. The number of nitrogens with two attached hydrogens (primary N) is 1. The summed E-state index contributed by atoms with van der Waals surface area (Å²) in [7, 11) is 0. The first-order chi connectivity index (χ1) is 9.08. The molecule has 0 bridgehead atoms. The van der Waals surface area contributed by atoms with E-state index in [1.807, 2.05) is 0 Å². The number of fused-ring (bicyclic) bond motifs is 1. The Balaban J connectivity index is 2.13. The van der Waals surface area contributed by atoms with Crippen LogP contribution >= 0.6 is 0 Å². The fraction of sp³-hybridized carbons (Fsp3) is 0.438. The Labute approximate surface area is 114 Å². The molecule has 19 heavy (non-hydrogen) atoms. The van der Waals surface area contributed by atoms with Crippen LogP contribution in [-0.2, 0) is 6.54 Å². The van der Waals surface area contributed by atoms with Crippen molar-refractivity contribution >= 4 is 0 Å². The molecule has 1 aliphatic rings. The molecule has 1 aliphatic heterocycles. The lowest BCUT2D eigenvalue weighted by Crippen LogP contribution is -2.22. The number of aromatic nitrogens is 2. The van der Waals surface area contributed by atoms with Crippen molar-refractivity contribution < 1.29 is 0 Å². The van der Waals surface area contributed by atoms with Crippen LogP contribution in [-0.4, -0.2) is 9.55 Å². The second kappa shape index (κ2) is 4.49. The van der Waals surface area contributed by atoms with E-state index in [-0.39, 0.29) is 6.04 Å². The highest BCUT2D eigenvalue weighted by atomic mass is 15.1. The van der Waals surface area contributed by atoms with E-state index in [1.165, 1.54) is 22.4 Å². The van der Waals surface area contributed by atoms with Crippen molar-refractivity contribution in [2.24, 2.45) is 5.73 Å². The SMILES string of the molecule is Cc1ccc(-c2nc3n(c2C)CCCC3N)cc1C. The highest BCUT2D eigenvalue weighted by molar-refractivity contribution is 5.64. The van der Waals surface area contributed by atoms with Crippen molar-refractivity contribution in [3.8, 4) is 11.3 Å². The zero-order valence-electron chi connectivity index (χ0n) is 11.9. The van der Waals surface area contributed by atoms with Crippen LogP contribution in [0.15, 0.2) is 18.2 Å². The maximum atomic E-state index is 6.18. The summed E-state index contributed by atoms with van der Waals surface area (Å²) in [5.41, 5.74) is 12.4. The zero-order chi connectivity index (χ0) is 13.6. The molecule has 1 aromatic heterocycles. The number of rotatable bonds is 1. The van der Waals surface area contributed by atoms with Gasteiger partial charge < -0.3 is 10.3 Å². The minimum Gasteiger partial charge on any atom is -0.330 e. The van der Waals surface area contributed by atoms with Crippen LogP contribution in [0, 0.1) is 20.8 Å². The van der Waals surface area contributed by atoms with Gasteiger partial charge in [0.2, 0.25) is 0 Å². The molecule has 3 nitrogen and oxygen atoms in total. The van der Waals surface area contributed by atoms with Gasteiger partial charge >= 0.3 is 0 Å². The first-order valence-corrected chi connectivity index (χ1v) is 6.98. The minimum atomic E-state index is 0.0905. The Morgan fingerprint density at radius 2 is 2.00 bits per heavy atom. The lowest BCUT2D eigenvalue weighted by molar-refractivity contribution is 0.446. The molecule has 0 saturated heterocycles. The molecule has 2 heterocycles. The lowest BCUT2D eigenvalue weighted by Gasteiger charge is -2.20. The summed E-state index contributed by atoms with van der Waals surface area (Å²) in [4.78, 5) is 4.81. The van der Waals surface area contributed by atoms with Gasteiger partial charge in [-0.15, -0.1) is 0 Å². The molecule has 0 spiro atoms. The minimum absolute atomic E-state index is 0.0905. The van der Waals surface area contributed by atoms with Crippen molar-refractivity contribution in [2.75, 3.05) is 0 Å². The fourth-order valence-corrected chi connectivity index (χ4v) is 2.88. The molecule has 2 N–H and O–H groups in total. The van der Waals surface area contributed by atoms with Crippen molar-refractivity contribution in [3.63, 3.8) is 0 Å². The van der Waals surface area contributed by atoms with Gasteiger partial charge in [-0.05, 0) is 50.8 Å². The molecule has 1 atom stereocenters. The Morgan fingerprint density at radius 3 is 2.68 bits per heavy atom. The molecule has 1 unspecified atom stereocenters. The number of nitrogens with zero attached hydrogens (tertiary/aromatic N) is 2. The Bertz CT molecular complexity index is 625. The van der Waals surface area contributed by atoms with Gasteiger partial charge in [-0.25, -0.2) is 4.98 Å². The number of hydrogen-bond acceptors (Lipinski definition) is 2. The van der Waals surface area contributed by atoms with E-state index in [9.17, 15) is 0 Å². The predicted octanol–water partition coefficient (Wildman–Crippen LogP) is 3.27. The van der Waals surface area contributed by atoms with Gasteiger partial charge in [0.15, 0.2) is 0 Å². The molecule has 3 rings (SSSR count). The molecule has 3 heteroatoms. The van der Waals surface area contributed by atoms with Crippen LogP contribution < -0.4 is 5.73 Å². The average Bonchev–Trinajstić information content (AvgIpc) is 2.72. The van der Waals surface area contributed by atoms with Gasteiger partial charge in [-0.3, -0.25) is 0 Å². The van der Waals surface area contributed by atoms with Crippen LogP contribution in [0.1, 0.15) is 41.5 Å². The van der Waals surface area contributed by atoms with Gasteiger partial charge in [0.05, 0.1) is 11.7 Å². The fourth-order valence-electron chi connectivity index (χ4n) is 2.88. The highest BCUT2D eigenvalue weighted by Gasteiger charge is 2.23. The van der Waals surface area contributed by atoms with Crippen LogP contribution in [0.25, 0.3) is 11.3 Å². The summed E-state index contributed by atoms with van der Waals surface area (Å²) < 4.78 is 2.29. The van der Waals surface area contributed by atoms with E-state index in [1.54, 1.807) is 0 Å². The molecular formula is C16H21N3. The third kappa shape index (κ3) is 1.98. The monoisotopic (exact) mass is 255 g/mol. The average molecular weight is 255 g/mol. The molecule has 100 valence electrons. The number of benzene rings is 1. The van der Waals surface area contributed by atoms with Gasteiger partial charge in [-0.1, -0.05) is 12.1 Å². The zero-order valence-corrected chi connectivity index (χ0v) is 11.9. The molecule has 1 aromatic carbocycles. The first kappa shape index (κ1) is 12.4. The normalized spacial score (nSPS) is 18.4. The molecule has 0 saturated carbocycles. The molecule has 2 aromatic rings. The third-order valence-corrected chi connectivity index (χ3v) is 4.26. The largest absolute Gasteiger partial charge is 0.330 e. The van der Waals surface area contributed by atoms with E-state index in [4.69, 9.17) is 10.7 Å². The van der Waals surface area contributed by atoms with E-state index < -0.39 is 0 Å². The van der Waals surface area contributed by atoms with Crippen molar-refractivity contribution in [1.29, 1.82) is 0 Å². The predicted molar refractivity (Wildman–Crippen MR) is 78.0 cm³/mol.